The minimum absolute atomic E-state index is 0.130. The van der Waals surface area contributed by atoms with Gasteiger partial charge in [0, 0.05) is 6.04 Å². The van der Waals surface area contributed by atoms with Crippen LogP contribution < -0.4 is 5.32 Å². The zero-order chi connectivity index (χ0) is 13.5. The summed E-state index contributed by atoms with van der Waals surface area (Å²) >= 11 is 0. The van der Waals surface area contributed by atoms with Gasteiger partial charge >= 0.3 is 0 Å². The van der Waals surface area contributed by atoms with E-state index in [0.717, 1.165) is 24.9 Å². The van der Waals surface area contributed by atoms with E-state index >= 15 is 0 Å². The van der Waals surface area contributed by atoms with Gasteiger partial charge in [0.05, 0.1) is 0 Å². The van der Waals surface area contributed by atoms with Crippen LogP contribution in [0.2, 0.25) is 0 Å². The van der Waals surface area contributed by atoms with Crippen molar-refractivity contribution in [3.63, 3.8) is 0 Å². The average molecular weight is 251 g/mol. The summed E-state index contributed by atoms with van der Waals surface area (Å²) in [5.41, 5.74) is 2.31. The van der Waals surface area contributed by atoms with Crippen LogP contribution in [0.25, 0.3) is 0 Å². The number of hydrogen-bond donors (Lipinski definition) is 1. The Bertz CT molecular complexity index is 362. The molecular weight excluding hydrogens is 225 g/mol. The molecule has 102 valence electrons. The predicted molar refractivity (Wildman–Crippen MR) is 76.4 cm³/mol. The Hall–Kier alpha value is -0.890. The van der Waals surface area contributed by atoms with E-state index in [2.05, 4.69) is 33.0 Å². The Kier molecular flexibility index (Phi) is 6.34. The minimum Gasteiger partial charge on any atom is -0.314 e. The van der Waals surface area contributed by atoms with Crippen molar-refractivity contribution in [3.05, 3.63) is 35.1 Å². The van der Waals surface area contributed by atoms with Gasteiger partial charge in [-0.25, -0.2) is 4.39 Å². The number of nitrogens with one attached hydrogen (secondary N) is 1. The Morgan fingerprint density at radius 3 is 2.61 bits per heavy atom. The molecule has 1 rings (SSSR count). The number of aryl methyl sites for hydroxylation is 1. The van der Waals surface area contributed by atoms with Crippen molar-refractivity contribution in [2.75, 3.05) is 6.54 Å². The molecule has 0 aliphatic heterocycles. The second-order valence-electron chi connectivity index (χ2n) is 5.28. The molecule has 1 aromatic rings. The summed E-state index contributed by atoms with van der Waals surface area (Å²) in [6.45, 7) is 9.66. The molecule has 2 heteroatoms. The molecule has 0 amide bonds. The molecule has 0 aliphatic rings. The van der Waals surface area contributed by atoms with E-state index in [1.165, 1.54) is 18.1 Å². The largest absolute Gasteiger partial charge is 0.314 e. The first kappa shape index (κ1) is 15.2. The first-order valence-electron chi connectivity index (χ1n) is 7.05. The molecule has 1 N–H and O–H groups in total. The average Bonchev–Trinajstić information content (AvgIpc) is 2.34. The first-order valence-corrected chi connectivity index (χ1v) is 7.05. The van der Waals surface area contributed by atoms with Crippen LogP contribution in [0.1, 0.15) is 44.7 Å². The molecule has 0 fully saturated rings. The Morgan fingerprint density at radius 2 is 2.00 bits per heavy atom. The Morgan fingerprint density at radius 1 is 1.28 bits per heavy atom. The lowest BCUT2D eigenvalue weighted by Gasteiger charge is -2.22. The van der Waals surface area contributed by atoms with E-state index < -0.39 is 0 Å². The lowest BCUT2D eigenvalue weighted by Crippen LogP contribution is -2.32. The van der Waals surface area contributed by atoms with Crippen LogP contribution in [0.5, 0.6) is 0 Å². The van der Waals surface area contributed by atoms with Crippen molar-refractivity contribution in [3.8, 4) is 0 Å². The maximum absolute atomic E-state index is 13.3. The van der Waals surface area contributed by atoms with Crippen LogP contribution in [0.3, 0.4) is 0 Å². The summed E-state index contributed by atoms with van der Waals surface area (Å²) < 4.78 is 13.3. The zero-order valence-corrected chi connectivity index (χ0v) is 12.1. The molecule has 0 radical (unpaired) electrons. The van der Waals surface area contributed by atoms with Crippen LogP contribution in [0.4, 0.5) is 4.39 Å². The fraction of sp³-hybridized carbons (Fsp3) is 0.625. The molecule has 0 saturated carbocycles. The molecule has 1 nitrogen and oxygen atoms in total. The standard InChI is InChI=1S/C16H26FN/c1-5-12(3)9-16(18-6-2)11-14-10-15(17)8-7-13(14)4/h7-8,10,12,16,18H,5-6,9,11H2,1-4H3. The van der Waals surface area contributed by atoms with Gasteiger partial charge in [0.15, 0.2) is 0 Å². The maximum Gasteiger partial charge on any atom is 0.123 e. The number of likely N-dealkylation sites (N-methyl/N-ethyl adjacent to an activating group) is 1. The highest BCUT2D eigenvalue weighted by atomic mass is 19.1. The normalized spacial score (nSPS) is 14.5. The predicted octanol–water partition coefficient (Wildman–Crippen LogP) is 4.09. The van der Waals surface area contributed by atoms with Crippen LogP contribution >= 0.6 is 0 Å². The number of halogens is 1. The van der Waals surface area contributed by atoms with Gasteiger partial charge in [-0.05, 0) is 55.5 Å². The third-order valence-corrected chi connectivity index (χ3v) is 3.65. The summed E-state index contributed by atoms with van der Waals surface area (Å²) in [6, 6.07) is 5.54. The van der Waals surface area contributed by atoms with Gasteiger partial charge in [-0.3, -0.25) is 0 Å². The van der Waals surface area contributed by atoms with E-state index in [1.807, 2.05) is 6.07 Å². The topological polar surface area (TPSA) is 12.0 Å². The number of rotatable bonds is 7. The van der Waals surface area contributed by atoms with Crippen molar-refractivity contribution in [1.29, 1.82) is 0 Å². The minimum atomic E-state index is -0.130. The zero-order valence-electron chi connectivity index (χ0n) is 12.1. The molecule has 0 spiro atoms. The molecule has 2 atom stereocenters. The molecule has 0 aromatic heterocycles. The van der Waals surface area contributed by atoms with E-state index in [0.29, 0.717) is 12.0 Å². The molecule has 0 bridgehead atoms. The summed E-state index contributed by atoms with van der Waals surface area (Å²) in [6.07, 6.45) is 3.27. The molecule has 2 unspecified atom stereocenters. The molecule has 18 heavy (non-hydrogen) atoms. The van der Waals surface area contributed by atoms with Crippen LogP contribution in [-0.4, -0.2) is 12.6 Å². The van der Waals surface area contributed by atoms with Gasteiger partial charge < -0.3 is 5.32 Å². The molecule has 0 saturated heterocycles. The van der Waals surface area contributed by atoms with Crippen LogP contribution in [-0.2, 0) is 6.42 Å². The lowest BCUT2D eigenvalue weighted by molar-refractivity contribution is 0.396. The fourth-order valence-corrected chi connectivity index (χ4v) is 2.31. The third-order valence-electron chi connectivity index (χ3n) is 3.65. The van der Waals surface area contributed by atoms with Crippen molar-refractivity contribution in [2.45, 2.75) is 53.0 Å². The summed E-state index contributed by atoms with van der Waals surface area (Å²) in [4.78, 5) is 0. The molecular formula is C16H26FN. The van der Waals surface area contributed by atoms with Gasteiger partial charge in [-0.2, -0.15) is 0 Å². The molecule has 1 aromatic carbocycles. The number of benzene rings is 1. The Labute approximate surface area is 111 Å². The highest BCUT2D eigenvalue weighted by Crippen LogP contribution is 2.17. The summed E-state index contributed by atoms with van der Waals surface area (Å²) in [5.74, 6) is 0.581. The van der Waals surface area contributed by atoms with E-state index in [-0.39, 0.29) is 5.82 Å². The van der Waals surface area contributed by atoms with Gasteiger partial charge in [0.2, 0.25) is 0 Å². The van der Waals surface area contributed by atoms with Crippen LogP contribution in [0.15, 0.2) is 18.2 Å². The van der Waals surface area contributed by atoms with Crippen molar-refractivity contribution in [2.24, 2.45) is 5.92 Å². The summed E-state index contributed by atoms with van der Waals surface area (Å²) in [7, 11) is 0. The second kappa shape index (κ2) is 7.52. The van der Waals surface area contributed by atoms with Gasteiger partial charge in [-0.1, -0.05) is 33.3 Å². The van der Waals surface area contributed by atoms with Gasteiger partial charge in [0.25, 0.3) is 0 Å². The first-order chi connectivity index (χ1) is 8.56. The molecule has 0 heterocycles. The van der Waals surface area contributed by atoms with E-state index in [1.54, 1.807) is 6.07 Å². The third kappa shape index (κ3) is 4.77. The SMILES string of the molecule is CCNC(Cc1cc(F)ccc1C)CC(C)CC. The van der Waals surface area contributed by atoms with Crippen molar-refractivity contribution < 1.29 is 4.39 Å². The quantitative estimate of drug-likeness (QED) is 0.769. The second-order valence-corrected chi connectivity index (χ2v) is 5.28. The van der Waals surface area contributed by atoms with E-state index in [9.17, 15) is 4.39 Å². The fourth-order valence-electron chi connectivity index (χ4n) is 2.31. The highest BCUT2D eigenvalue weighted by Gasteiger charge is 2.13. The number of hydrogen-bond acceptors (Lipinski definition) is 1. The van der Waals surface area contributed by atoms with Gasteiger partial charge in [0.1, 0.15) is 5.82 Å². The lowest BCUT2D eigenvalue weighted by atomic mass is 9.93. The Balaban J connectivity index is 2.72. The summed E-state index contributed by atoms with van der Waals surface area (Å²) in [5, 5.41) is 3.52. The maximum atomic E-state index is 13.3. The van der Waals surface area contributed by atoms with Crippen molar-refractivity contribution in [1.82, 2.24) is 5.32 Å². The molecule has 0 aliphatic carbocycles. The van der Waals surface area contributed by atoms with Crippen molar-refractivity contribution >= 4 is 0 Å². The van der Waals surface area contributed by atoms with E-state index in [4.69, 9.17) is 0 Å². The monoisotopic (exact) mass is 251 g/mol. The highest BCUT2D eigenvalue weighted by molar-refractivity contribution is 5.27. The smallest absolute Gasteiger partial charge is 0.123 e. The van der Waals surface area contributed by atoms with Gasteiger partial charge in [-0.15, -0.1) is 0 Å². The van der Waals surface area contributed by atoms with Crippen LogP contribution in [0, 0.1) is 18.7 Å².